The monoisotopic (exact) mass is 298 g/mol. The minimum absolute atomic E-state index is 0.458. The van der Waals surface area contributed by atoms with Gasteiger partial charge in [-0.1, -0.05) is 36.4 Å². The zero-order valence-corrected chi connectivity index (χ0v) is 11.6. The van der Waals surface area contributed by atoms with Gasteiger partial charge >= 0.3 is 17.2 Å². The highest BCUT2D eigenvalue weighted by atomic mass is 31.2. The van der Waals surface area contributed by atoms with Crippen molar-refractivity contribution >= 4 is 17.2 Å². The maximum absolute atomic E-state index is 9.55. The average Bonchev–Trinajstić information content (AvgIpc) is 2.40. The van der Waals surface area contributed by atoms with Crippen molar-refractivity contribution < 1.29 is 23.1 Å². The summed E-state index contributed by atoms with van der Waals surface area (Å²) >= 11 is 0. The molecule has 0 fully saturated rings. The Kier molecular flexibility index (Phi) is 5.52. The van der Waals surface area contributed by atoms with Crippen LogP contribution in [0.15, 0.2) is 60.7 Å². The fourth-order valence-electron chi connectivity index (χ4n) is 1.24. The average molecular weight is 298 g/mol. The summed E-state index contributed by atoms with van der Waals surface area (Å²) in [5.41, 5.74) is 0. The van der Waals surface area contributed by atoms with Gasteiger partial charge in [-0.05, 0) is 24.3 Å². The SMILES string of the molecule is OP(Oc1ccccc1)OP(O)Oc1ccccc1. The first-order chi connectivity index (χ1) is 9.24. The van der Waals surface area contributed by atoms with Gasteiger partial charge in [-0.3, -0.25) is 0 Å². The third-order valence-corrected chi connectivity index (χ3v) is 3.84. The second-order valence-electron chi connectivity index (χ2n) is 3.37. The second-order valence-corrected chi connectivity index (χ2v) is 5.34. The summed E-state index contributed by atoms with van der Waals surface area (Å²) < 4.78 is 15.0. The molecule has 2 rings (SSSR count). The zero-order valence-electron chi connectivity index (χ0n) is 9.79. The molecule has 0 aliphatic carbocycles. The summed E-state index contributed by atoms with van der Waals surface area (Å²) in [4.78, 5) is 19.1. The van der Waals surface area contributed by atoms with E-state index in [1.54, 1.807) is 48.5 Å². The van der Waals surface area contributed by atoms with Crippen molar-refractivity contribution in [3.05, 3.63) is 60.7 Å². The lowest BCUT2D eigenvalue weighted by atomic mass is 10.3. The van der Waals surface area contributed by atoms with Crippen LogP contribution >= 0.6 is 17.2 Å². The van der Waals surface area contributed by atoms with E-state index in [4.69, 9.17) is 13.4 Å². The molecular weight excluding hydrogens is 286 g/mol. The van der Waals surface area contributed by atoms with E-state index in [1.807, 2.05) is 12.1 Å². The molecule has 19 heavy (non-hydrogen) atoms. The topological polar surface area (TPSA) is 68.2 Å². The molecular formula is C12H12O5P2. The van der Waals surface area contributed by atoms with E-state index in [9.17, 15) is 9.79 Å². The van der Waals surface area contributed by atoms with E-state index in [-0.39, 0.29) is 0 Å². The predicted molar refractivity (Wildman–Crippen MR) is 73.5 cm³/mol. The van der Waals surface area contributed by atoms with Crippen molar-refractivity contribution in [1.29, 1.82) is 0 Å². The van der Waals surface area contributed by atoms with E-state index in [1.165, 1.54) is 0 Å². The van der Waals surface area contributed by atoms with E-state index < -0.39 is 17.2 Å². The highest BCUT2D eigenvalue weighted by Gasteiger charge is 2.19. The molecule has 2 aromatic carbocycles. The number of rotatable bonds is 6. The Labute approximate surface area is 113 Å². The quantitative estimate of drug-likeness (QED) is 0.797. The Morgan fingerprint density at radius 3 is 1.37 bits per heavy atom. The van der Waals surface area contributed by atoms with Gasteiger partial charge in [0, 0.05) is 0 Å². The molecule has 0 aromatic heterocycles. The summed E-state index contributed by atoms with van der Waals surface area (Å²) in [6.07, 6.45) is 0. The third kappa shape index (κ3) is 5.11. The van der Waals surface area contributed by atoms with Crippen LogP contribution in [0.2, 0.25) is 0 Å². The Balaban J connectivity index is 1.80. The molecule has 0 saturated heterocycles. The van der Waals surface area contributed by atoms with Crippen LogP contribution in [0.1, 0.15) is 0 Å². The lowest BCUT2D eigenvalue weighted by Gasteiger charge is -2.14. The molecule has 0 radical (unpaired) electrons. The van der Waals surface area contributed by atoms with Gasteiger partial charge in [0.15, 0.2) is 0 Å². The van der Waals surface area contributed by atoms with Gasteiger partial charge in [-0.2, -0.15) is 0 Å². The minimum atomic E-state index is -2.24. The van der Waals surface area contributed by atoms with Gasteiger partial charge in [0.1, 0.15) is 11.5 Å². The molecule has 2 atom stereocenters. The third-order valence-electron chi connectivity index (χ3n) is 1.99. The number of hydrogen-bond donors (Lipinski definition) is 2. The van der Waals surface area contributed by atoms with E-state index >= 15 is 0 Å². The van der Waals surface area contributed by atoms with Gasteiger partial charge in [0.05, 0.1) is 0 Å². The van der Waals surface area contributed by atoms with Gasteiger partial charge in [0.25, 0.3) is 0 Å². The molecule has 5 nitrogen and oxygen atoms in total. The van der Waals surface area contributed by atoms with Crippen LogP contribution in [0.5, 0.6) is 11.5 Å². The summed E-state index contributed by atoms with van der Waals surface area (Å²) in [5.74, 6) is 0.915. The molecule has 0 amide bonds. The highest BCUT2D eigenvalue weighted by Crippen LogP contribution is 2.49. The van der Waals surface area contributed by atoms with Crippen LogP contribution in [-0.4, -0.2) is 9.79 Å². The minimum Gasteiger partial charge on any atom is -0.427 e. The summed E-state index contributed by atoms with van der Waals surface area (Å²) in [7, 11) is -4.48. The van der Waals surface area contributed by atoms with Gasteiger partial charge < -0.3 is 18.8 Å². The van der Waals surface area contributed by atoms with Gasteiger partial charge in [-0.25, -0.2) is 4.31 Å². The normalized spacial score (nSPS) is 13.6. The molecule has 100 valence electrons. The summed E-state index contributed by atoms with van der Waals surface area (Å²) in [6.45, 7) is 0. The molecule has 0 spiro atoms. The van der Waals surface area contributed by atoms with Crippen LogP contribution < -0.4 is 9.05 Å². The molecule has 2 aromatic rings. The Morgan fingerprint density at radius 2 is 1.00 bits per heavy atom. The molecule has 0 aliphatic rings. The lowest BCUT2D eigenvalue weighted by molar-refractivity contribution is 0.333. The van der Waals surface area contributed by atoms with Crippen molar-refractivity contribution in [3.63, 3.8) is 0 Å². The van der Waals surface area contributed by atoms with Gasteiger partial charge in [-0.15, -0.1) is 0 Å². The standard InChI is InChI=1S/C12H12O5P2/c13-18(15-11-7-3-1-4-8-11)17-19(14)16-12-9-5-2-6-10-12/h1-10,13-14H. The van der Waals surface area contributed by atoms with Crippen LogP contribution in [0, 0.1) is 0 Å². The molecule has 0 saturated carbocycles. The fourth-order valence-corrected chi connectivity index (χ4v) is 2.58. The largest absolute Gasteiger partial charge is 0.427 e. The van der Waals surface area contributed by atoms with Crippen LogP contribution in [0.3, 0.4) is 0 Å². The maximum atomic E-state index is 9.55. The van der Waals surface area contributed by atoms with Gasteiger partial charge in [0.2, 0.25) is 0 Å². The van der Waals surface area contributed by atoms with Crippen LogP contribution in [-0.2, 0) is 4.31 Å². The molecule has 2 N–H and O–H groups in total. The van der Waals surface area contributed by atoms with Crippen LogP contribution in [0.25, 0.3) is 0 Å². The number of benzene rings is 2. The van der Waals surface area contributed by atoms with Crippen molar-refractivity contribution in [2.45, 2.75) is 0 Å². The first-order valence-corrected chi connectivity index (χ1v) is 7.62. The van der Waals surface area contributed by atoms with Crippen molar-refractivity contribution in [3.8, 4) is 11.5 Å². The second kappa shape index (κ2) is 7.39. The number of para-hydroxylation sites is 2. The molecule has 7 heteroatoms. The lowest BCUT2D eigenvalue weighted by Crippen LogP contribution is -1.93. The van der Waals surface area contributed by atoms with E-state index in [2.05, 4.69) is 0 Å². The van der Waals surface area contributed by atoms with E-state index in [0.717, 1.165) is 0 Å². The Morgan fingerprint density at radius 1 is 0.632 bits per heavy atom. The molecule has 2 unspecified atom stereocenters. The van der Waals surface area contributed by atoms with E-state index in [0.29, 0.717) is 11.5 Å². The fraction of sp³-hybridized carbons (Fsp3) is 0. The van der Waals surface area contributed by atoms with Crippen molar-refractivity contribution in [2.75, 3.05) is 0 Å². The van der Waals surface area contributed by atoms with Crippen LogP contribution in [0.4, 0.5) is 0 Å². The highest BCUT2D eigenvalue weighted by molar-refractivity contribution is 7.55. The predicted octanol–water partition coefficient (Wildman–Crippen LogP) is 3.60. The first-order valence-electron chi connectivity index (χ1n) is 5.36. The number of hydrogen-bond acceptors (Lipinski definition) is 5. The van der Waals surface area contributed by atoms with Crippen molar-refractivity contribution in [2.24, 2.45) is 0 Å². The first kappa shape index (κ1) is 14.2. The summed E-state index contributed by atoms with van der Waals surface area (Å²) in [6, 6.07) is 17.4. The van der Waals surface area contributed by atoms with Crippen molar-refractivity contribution in [1.82, 2.24) is 0 Å². The zero-order chi connectivity index (χ0) is 13.5. The smallest absolute Gasteiger partial charge is 0.402 e. The molecule has 0 bridgehead atoms. The molecule has 0 aliphatic heterocycles. The Bertz CT molecular complexity index is 436. The Hall–Kier alpha value is -1.22. The molecule has 0 heterocycles. The summed E-state index contributed by atoms with van der Waals surface area (Å²) in [5, 5.41) is 0. The maximum Gasteiger partial charge on any atom is 0.402 e.